The molecule has 0 aliphatic rings. The van der Waals surface area contributed by atoms with E-state index in [1.807, 2.05) is 48.7 Å². The number of aryl methyl sites for hydroxylation is 1. The van der Waals surface area contributed by atoms with Gasteiger partial charge in [-0.05, 0) is 49.6 Å². The molecule has 1 aromatic carbocycles. The summed E-state index contributed by atoms with van der Waals surface area (Å²) in [5.41, 5.74) is 0.823. The third-order valence-electron chi connectivity index (χ3n) is 2.50. The van der Waals surface area contributed by atoms with E-state index in [2.05, 4.69) is 12.2 Å². The zero-order chi connectivity index (χ0) is 13.7. The van der Waals surface area contributed by atoms with E-state index in [9.17, 15) is 4.79 Å². The fraction of sp³-hybridized carbons (Fsp3) is 0.133. The van der Waals surface area contributed by atoms with Crippen LogP contribution in [0, 0.1) is 6.92 Å². The average molecular weight is 289 g/mol. The van der Waals surface area contributed by atoms with Crippen molar-refractivity contribution in [2.24, 2.45) is 0 Å². The summed E-state index contributed by atoms with van der Waals surface area (Å²) in [5.74, 6) is -0.107. The lowest BCUT2D eigenvalue weighted by Gasteiger charge is -2.03. The Hall–Kier alpha value is -1.52. The molecule has 0 atom stereocenters. The number of nitrogens with one attached hydrogen (secondary N) is 1. The topological polar surface area (TPSA) is 29.1 Å². The third-order valence-corrected chi connectivity index (χ3v) is 4.19. The maximum atomic E-state index is 11.8. The number of carbonyl (C=O) groups is 1. The maximum absolute atomic E-state index is 11.8. The van der Waals surface area contributed by atoms with Crippen LogP contribution in [-0.4, -0.2) is 12.2 Å². The molecule has 1 heterocycles. The zero-order valence-corrected chi connectivity index (χ0v) is 12.5. The Balaban J connectivity index is 1.99. The molecule has 4 heteroatoms. The van der Waals surface area contributed by atoms with E-state index in [0.29, 0.717) is 0 Å². The van der Waals surface area contributed by atoms with E-state index in [1.165, 1.54) is 4.88 Å². The molecule has 0 unspecified atom stereocenters. The van der Waals surface area contributed by atoms with Gasteiger partial charge in [-0.15, -0.1) is 23.1 Å². The number of hydrogen-bond acceptors (Lipinski definition) is 3. The molecule has 19 heavy (non-hydrogen) atoms. The van der Waals surface area contributed by atoms with Crippen molar-refractivity contribution in [3.8, 4) is 0 Å². The number of benzene rings is 1. The number of anilines is 1. The molecule has 1 N–H and O–H groups in total. The molecule has 0 aliphatic carbocycles. The van der Waals surface area contributed by atoms with Gasteiger partial charge in [-0.25, -0.2) is 0 Å². The van der Waals surface area contributed by atoms with Gasteiger partial charge in [0.2, 0.25) is 5.91 Å². The van der Waals surface area contributed by atoms with Crippen molar-refractivity contribution >= 4 is 40.8 Å². The molecule has 0 spiro atoms. The van der Waals surface area contributed by atoms with Gasteiger partial charge in [-0.2, -0.15) is 0 Å². The first-order chi connectivity index (χ1) is 9.17. The second kappa shape index (κ2) is 6.59. The van der Waals surface area contributed by atoms with Crippen LogP contribution >= 0.6 is 23.1 Å². The number of thiophene rings is 1. The van der Waals surface area contributed by atoms with E-state index < -0.39 is 0 Å². The van der Waals surface area contributed by atoms with Crippen LogP contribution in [0.25, 0.3) is 6.08 Å². The van der Waals surface area contributed by atoms with E-state index in [1.54, 1.807) is 29.2 Å². The molecule has 0 saturated carbocycles. The van der Waals surface area contributed by atoms with Crippen molar-refractivity contribution < 1.29 is 4.79 Å². The molecule has 1 amide bonds. The highest BCUT2D eigenvalue weighted by Crippen LogP contribution is 2.19. The monoisotopic (exact) mass is 289 g/mol. The lowest BCUT2D eigenvalue weighted by atomic mass is 10.3. The summed E-state index contributed by atoms with van der Waals surface area (Å²) in [6, 6.07) is 11.9. The predicted octanol–water partition coefficient (Wildman–Crippen LogP) is 4.43. The van der Waals surface area contributed by atoms with Gasteiger partial charge < -0.3 is 5.32 Å². The highest BCUT2D eigenvalue weighted by Gasteiger charge is 1.99. The Morgan fingerprint density at radius 3 is 2.84 bits per heavy atom. The number of carbonyl (C=O) groups excluding carboxylic acids is 1. The molecule has 1 aromatic heterocycles. The zero-order valence-electron chi connectivity index (χ0n) is 10.8. The minimum atomic E-state index is -0.107. The average Bonchev–Trinajstić information content (AvgIpc) is 2.82. The van der Waals surface area contributed by atoms with Crippen LogP contribution in [0.5, 0.6) is 0 Å². The minimum Gasteiger partial charge on any atom is -0.322 e. The highest BCUT2D eigenvalue weighted by atomic mass is 32.2. The van der Waals surface area contributed by atoms with Gasteiger partial charge in [-0.1, -0.05) is 6.07 Å². The summed E-state index contributed by atoms with van der Waals surface area (Å²) >= 11 is 3.33. The molecular formula is C15H15NOS2. The number of thioether (sulfide) groups is 1. The van der Waals surface area contributed by atoms with E-state index in [4.69, 9.17) is 0 Å². The maximum Gasteiger partial charge on any atom is 0.248 e. The molecule has 2 rings (SSSR count). The van der Waals surface area contributed by atoms with Crippen LogP contribution in [0.4, 0.5) is 5.69 Å². The highest BCUT2D eigenvalue weighted by molar-refractivity contribution is 7.98. The summed E-state index contributed by atoms with van der Waals surface area (Å²) in [6.45, 7) is 2.05. The van der Waals surface area contributed by atoms with Crippen molar-refractivity contribution in [1.82, 2.24) is 0 Å². The number of hydrogen-bond donors (Lipinski definition) is 1. The second-order valence-electron chi connectivity index (χ2n) is 4.00. The summed E-state index contributed by atoms with van der Waals surface area (Å²) < 4.78 is 0. The first-order valence-electron chi connectivity index (χ1n) is 5.87. The largest absolute Gasteiger partial charge is 0.322 e. The van der Waals surface area contributed by atoms with Gasteiger partial charge in [0.25, 0.3) is 0 Å². The molecule has 2 aromatic rings. The van der Waals surface area contributed by atoms with Gasteiger partial charge in [0, 0.05) is 26.4 Å². The lowest BCUT2D eigenvalue weighted by molar-refractivity contribution is -0.111. The Morgan fingerprint density at radius 2 is 2.16 bits per heavy atom. The minimum absolute atomic E-state index is 0.107. The van der Waals surface area contributed by atoms with Gasteiger partial charge in [0.1, 0.15) is 0 Å². The van der Waals surface area contributed by atoms with Gasteiger partial charge in [0.15, 0.2) is 0 Å². The van der Waals surface area contributed by atoms with Crippen molar-refractivity contribution in [1.29, 1.82) is 0 Å². The van der Waals surface area contributed by atoms with Crippen LogP contribution in [0.2, 0.25) is 0 Å². The Labute approximate surface area is 121 Å². The quantitative estimate of drug-likeness (QED) is 0.666. The second-order valence-corrected chi connectivity index (χ2v) is 6.20. The van der Waals surface area contributed by atoms with E-state index in [-0.39, 0.29) is 5.91 Å². The molecule has 2 nitrogen and oxygen atoms in total. The van der Waals surface area contributed by atoms with Crippen LogP contribution in [0.3, 0.4) is 0 Å². The first kappa shape index (κ1) is 13.9. The van der Waals surface area contributed by atoms with Gasteiger partial charge >= 0.3 is 0 Å². The van der Waals surface area contributed by atoms with Crippen LogP contribution < -0.4 is 5.32 Å². The first-order valence-corrected chi connectivity index (χ1v) is 7.91. The van der Waals surface area contributed by atoms with E-state index in [0.717, 1.165) is 15.5 Å². The SMILES string of the molecule is CSc1cccc(NC(=O)/C=C/c2ccc(C)s2)c1. The fourth-order valence-corrected chi connectivity index (χ4v) is 2.83. The molecule has 0 bridgehead atoms. The molecule has 0 aliphatic heterocycles. The lowest BCUT2D eigenvalue weighted by Crippen LogP contribution is -2.07. The Bertz CT molecular complexity index is 602. The Kier molecular flexibility index (Phi) is 4.82. The standard InChI is InChI=1S/C15H15NOS2/c1-11-6-7-13(19-11)8-9-15(17)16-12-4-3-5-14(10-12)18-2/h3-10H,1-2H3,(H,16,17)/b9-8+. The molecular weight excluding hydrogens is 274 g/mol. The van der Waals surface area contributed by atoms with Crippen LogP contribution in [-0.2, 0) is 4.79 Å². The van der Waals surface area contributed by atoms with Crippen molar-refractivity contribution in [2.45, 2.75) is 11.8 Å². The van der Waals surface area contributed by atoms with Gasteiger partial charge in [0.05, 0.1) is 0 Å². The number of amides is 1. The van der Waals surface area contributed by atoms with Crippen LogP contribution in [0.1, 0.15) is 9.75 Å². The van der Waals surface area contributed by atoms with Gasteiger partial charge in [-0.3, -0.25) is 4.79 Å². The summed E-state index contributed by atoms with van der Waals surface area (Å²) in [7, 11) is 0. The van der Waals surface area contributed by atoms with Crippen molar-refractivity contribution in [2.75, 3.05) is 11.6 Å². The molecule has 98 valence electrons. The smallest absolute Gasteiger partial charge is 0.248 e. The van der Waals surface area contributed by atoms with Crippen LogP contribution in [0.15, 0.2) is 47.4 Å². The fourth-order valence-electron chi connectivity index (χ4n) is 1.59. The Morgan fingerprint density at radius 1 is 1.32 bits per heavy atom. The third kappa shape index (κ3) is 4.26. The predicted molar refractivity (Wildman–Crippen MR) is 84.9 cm³/mol. The molecule has 0 radical (unpaired) electrons. The summed E-state index contributed by atoms with van der Waals surface area (Å²) in [5, 5.41) is 2.86. The summed E-state index contributed by atoms with van der Waals surface area (Å²) in [6.07, 6.45) is 5.42. The number of rotatable bonds is 4. The molecule has 0 fully saturated rings. The normalized spacial score (nSPS) is 10.8. The van der Waals surface area contributed by atoms with E-state index >= 15 is 0 Å². The van der Waals surface area contributed by atoms with Crippen molar-refractivity contribution in [3.05, 3.63) is 52.2 Å². The van der Waals surface area contributed by atoms with Crippen molar-refractivity contribution in [3.63, 3.8) is 0 Å². The molecule has 0 saturated heterocycles. The summed E-state index contributed by atoms with van der Waals surface area (Å²) in [4.78, 5) is 15.3.